The number of ether oxygens (including phenoxy) is 1. The van der Waals surface area contributed by atoms with Crippen molar-refractivity contribution in [1.29, 1.82) is 0 Å². The Bertz CT molecular complexity index is 1180. The van der Waals surface area contributed by atoms with Gasteiger partial charge in [-0.05, 0) is 17.7 Å². The standard InChI is InChI=1S/C22H21FN6O2/c1-31-13-19(14-7-3-2-4-8-14)26-22(30)27-20-11-18-15(12-24-20)21(29-28-18)25-17-10-6-5-9-16(17)23/h2-12,19H,13H2,1H3,(H2,25,28,29)(H2,24,26,27,30). The number of para-hydroxylation sites is 1. The highest BCUT2D eigenvalue weighted by Gasteiger charge is 2.15. The van der Waals surface area contributed by atoms with E-state index in [4.69, 9.17) is 4.74 Å². The number of fused-ring (bicyclic) bond motifs is 1. The van der Waals surface area contributed by atoms with Crippen molar-refractivity contribution in [2.45, 2.75) is 6.04 Å². The van der Waals surface area contributed by atoms with Crippen LogP contribution in [0.4, 0.5) is 26.5 Å². The zero-order chi connectivity index (χ0) is 21.6. The molecule has 0 radical (unpaired) electrons. The lowest BCUT2D eigenvalue weighted by atomic mass is 10.1. The SMILES string of the molecule is COCC(NC(=O)Nc1cc2[nH]nc(Nc3ccccc3F)c2cn1)c1ccccc1. The summed E-state index contributed by atoms with van der Waals surface area (Å²) < 4.78 is 19.1. The maximum atomic E-state index is 13.9. The lowest BCUT2D eigenvalue weighted by Gasteiger charge is -2.18. The fourth-order valence-electron chi connectivity index (χ4n) is 3.15. The molecule has 0 saturated heterocycles. The molecular formula is C22H21FN6O2. The number of aromatic nitrogens is 3. The Labute approximate surface area is 177 Å². The number of urea groups is 1. The van der Waals surface area contributed by atoms with Crippen molar-refractivity contribution in [1.82, 2.24) is 20.5 Å². The van der Waals surface area contributed by atoms with Crippen LogP contribution in [-0.2, 0) is 4.74 Å². The van der Waals surface area contributed by atoms with E-state index in [1.165, 1.54) is 6.07 Å². The maximum Gasteiger partial charge on any atom is 0.320 e. The van der Waals surface area contributed by atoms with Crippen molar-refractivity contribution in [2.75, 3.05) is 24.4 Å². The van der Waals surface area contributed by atoms with E-state index in [9.17, 15) is 9.18 Å². The van der Waals surface area contributed by atoms with Crippen molar-refractivity contribution in [3.63, 3.8) is 0 Å². The van der Waals surface area contributed by atoms with E-state index < -0.39 is 6.03 Å². The molecule has 0 saturated carbocycles. The second kappa shape index (κ2) is 9.23. The summed E-state index contributed by atoms with van der Waals surface area (Å²) in [4.78, 5) is 16.8. The molecule has 1 atom stereocenters. The first-order valence-corrected chi connectivity index (χ1v) is 9.61. The minimum atomic E-state index is -0.415. The van der Waals surface area contributed by atoms with Gasteiger partial charge in [-0.2, -0.15) is 5.10 Å². The summed E-state index contributed by atoms with van der Waals surface area (Å²) in [6.07, 6.45) is 1.56. The number of pyridine rings is 1. The van der Waals surface area contributed by atoms with Gasteiger partial charge in [-0.3, -0.25) is 10.4 Å². The number of H-pyrrole nitrogens is 1. The highest BCUT2D eigenvalue weighted by atomic mass is 19.1. The van der Waals surface area contributed by atoms with Gasteiger partial charge in [0.05, 0.1) is 29.2 Å². The molecule has 8 nitrogen and oxygen atoms in total. The van der Waals surface area contributed by atoms with Crippen molar-refractivity contribution in [3.8, 4) is 0 Å². The number of nitrogens with one attached hydrogen (secondary N) is 4. The number of carbonyl (C=O) groups is 1. The van der Waals surface area contributed by atoms with E-state index in [2.05, 4.69) is 31.1 Å². The molecule has 4 rings (SSSR count). The molecule has 4 aromatic rings. The first-order chi connectivity index (χ1) is 15.1. The van der Waals surface area contributed by atoms with Crippen LogP contribution in [0.2, 0.25) is 0 Å². The molecule has 0 aliphatic rings. The fourth-order valence-corrected chi connectivity index (χ4v) is 3.15. The highest BCUT2D eigenvalue weighted by Crippen LogP contribution is 2.26. The van der Waals surface area contributed by atoms with Crippen LogP contribution in [0.1, 0.15) is 11.6 Å². The number of nitrogens with zero attached hydrogens (tertiary/aromatic N) is 2. The van der Waals surface area contributed by atoms with Gasteiger partial charge in [0.25, 0.3) is 0 Å². The third-order valence-electron chi connectivity index (χ3n) is 4.66. The third kappa shape index (κ3) is 4.78. The molecule has 158 valence electrons. The Morgan fingerprint density at radius 3 is 2.71 bits per heavy atom. The molecule has 0 aliphatic heterocycles. The van der Waals surface area contributed by atoms with Gasteiger partial charge in [0.1, 0.15) is 11.6 Å². The van der Waals surface area contributed by atoms with Crippen molar-refractivity contribution in [3.05, 3.63) is 78.2 Å². The first kappa shape index (κ1) is 20.3. The largest absolute Gasteiger partial charge is 0.382 e. The van der Waals surface area contributed by atoms with Crippen molar-refractivity contribution in [2.24, 2.45) is 0 Å². The first-order valence-electron chi connectivity index (χ1n) is 9.61. The van der Waals surface area contributed by atoms with Crippen LogP contribution in [0.3, 0.4) is 0 Å². The summed E-state index contributed by atoms with van der Waals surface area (Å²) in [5, 5.41) is 16.2. The van der Waals surface area contributed by atoms with Crippen molar-refractivity contribution < 1.29 is 13.9 Å². The van der Waals surface area contributed by atoms with E-state index in [-0.39, 0.29) is 11.9 Å². The van der Waals surface area contributed by atoms with Crippen LogP contribution in [0, 0.1) is 5.82 Å². The Morgan fingerprint density at radius 1 is 1.16 bits per heavy atom. The van der Waals surface area contributed by atoms with Crippen LogP contribution >= 0.6 is 0 Å². The quantitative estimate of drug-likeness (QED) is 0.356. The number of benzene rings is 2. The van der Waals surface area contributed by atoms with Crippen LogP contribution in [0.15, 0.2) is 66.9 Å². The Kier molecular flexibility index (Phi) is 6.04. The molecule has 0 fully saturated rings. The zero-order valence-corrected chi connectivity index (χ0v) is 16.7. The number of aromatic amines is 1. The zero-order valence-electron chi connectivity index (χ0n) is 16.7. The second-order valence-corrected chi connectivity index (χ2v) is 6.81. The summed E-state index contributed by atoms with van der Waals surface area (Å²) >= 11 is 0. The molecule has 4 N–H and O–H groups in total. The van der Waals surface area contributed by atoms with E-state index in [1.807, 2.05) is 30.3 Å². The molecule has 2 heterocycles. The smallest absolute Gasteiger partial charge is 0.320 e. The molecule has 2 aromatic heterocycles. The number of amides is 2. The van der Waals surface area contributed by atoms with E-state index in [1.54, 1.807) is 37.6 Å². The molecule has 9 heteroatoms. The van der Waals surface area contributed by atoms with Gasteiger partial charge in [0.15, 0.2) is 5.82 Å². The van der Waals surface area contributed by atoms with Crippen LogP contribution in [0.5, 0.6) is 0 Å². The van der Waals surface area contributed by atoms with Gasteiger partial charge in [-0.25, -0.2) is 14.2 Å². The molecule has 2 aromatic carbocycles. The average molecular weight is 420 g/mol. The molecule has 0 bridgehead atoms. The molecule has 0 spiro atoms. The Morgan fingerprint density at radius 2 is 1.94 bits per heavy atom. The highest BCUT2D eigenvalue weighted by molar-refractivity contribution is 5.95. The normalized spacial score (nSPS) is 11.8. The number of hydrogen-bond donors (Lipinski definition) is 4. The Balaban J connectivity index is 1.46. The van der Waals surface area contributed by atoms with Gasteiger partial charge in [-0.1, -0.05) is 42.5 Å². The number of rotatable bonds is 7. The number of hydrogen-bond acceptors (Lipinski definition) is 5. The minimum Gasteiger partial charge on any atom is -0.382 e. The lowest BCUT2D eigenvalue weighted by molar-refractivity contribution is 0.168. The summed E-state index contributed by atoms with van der Waals surface area (Å²) in [6, 6.07) is 16.8. The van der Waals surface area contributed by atoms with E-state index in [0.29, 0.717) is 34.8 Å². The maximum absolute atomic E-state index is 13.9. The second-order valence-electron chi connectivity index (χ2n) is 6.81. The molecular weight excluding hydrogens is 399 g/mol. The summed E-state index contributed by atoms with van der Waals surface area (Å²) in [7, 11) is 1.58. The molecule has 31 heavy (non-hydrogen) atoms. The predicted molar refractivity (Wildman–Crippen MR) is 117 cm³/mol. The average Bonchev–Trinajstić information content (AvgIpc) is 3.17. The summed E-state index contributed by atoms with van der Waals surface area (Å²) in [5.74, 6) is 0.397. The van der Waals surface area contributed by atoms with Gasteiger partial charge >= 0.3 is 6.03 Å². The van der Waals surface area contributed by atoms with Crippen molar-refractivity contribution >= 4 is 34.3 Å². The van der Waals surface area contributed by atoms with Crippen LogP contribution in [0.25, 0.3) is 10.9 Å². The van der Waals surface area contributed by atoms with Gasteiger partial charge in [-0.15, -0.1) is 0 Å². The monoisotopic (exact) mass is 420 g/mol. The topological polar surface area (TPSA) is 104 Å². The van der Waals surface area contributed by atoms with Crippen LogP contribution < -0.4 is 16.0 Å². The van der Waals surface area contributed by atoms with Gasteiger partial charge in [0, 0.05) is 19.4 Å². The van der Waals surface area contributed by atoms with Gasteiger partial charge < -0.3 is 15.4 Å². The molecule has 2 amide bonds. The lowest BCUT2D eigenvalue weighted by Crippen LogP contribution is -2.35. The van der Waals surface area contributed by atoms with E-state index in [0.717, 1.165) is 5.56 Å². The van der Waals surface area contributed by atoms with E-state index >= 15 is 0 Å². The molecule has 0 aliphatic carbocycles. The summed E-state index contributed by atoms with van der Waals surface area (Å²) in [5.41, 5.74) is 1.88. The fraction of sp³-hybridized carbons (Fsp3) is 0.136. The number of anilines is 3. The third-order valence-corrected chi connectivity index (χ3v) is 4.66. The number of carbonyl (C=O) groups excluding carboxylic acids is 1. The van der Waals surface area contributed by atoms with Gasteiger partial charge in [0.2, 0.25) is 0 Å². The molecule has 1 unspecified atom stereocenters. The predicted octanol–water partition coefficient (Wildman–Crippen LogP) is 4.35. The summed E-state index contributed by atoms with van der Waals surface area (Å²) in [6.45, 7) is 0.329. The minimum absolute atomic E-state index is 0.307. The number of methoxy groups -OCH3 is 1. The number of halogens is 1. The van der Waals surface area contributed by atoms with Crippen LogP contribution in [-0.4, -0.2) is 34.9 Å². The Hall–Kier alpha value is -3.98.